The lowest BCUT2D eigenvalue weighted by Crippen LogP contribution is -2.42. The van der Waals surface area contributed by atoms with Gasteiger partial charge in [-0.1, -0.05) is 17.7 Å². The zero-order chi connectivity index (χ0) is 16.6. The van der Waals surface area contributed by atoms with Crippen molar-refractivity contribution in [2.45, 2.75) is 13.0 Å². The van der Waals surface area contributed by atoms with Gasteiger partial charge in [0.05, 0.1) is 5.69 Å². The Morgan fingerprint density at radius 3 is 2.78 bits per heavy atom. The summed E-state index contributed by atoms with van der Waals surface area (Å²) < 4.78 is 5.58. The predicted molar refractivity (Wildman–Crippen MR) is 89.3 cm³/mol. The second-order valence-electron chi connectivity index (χ2n) is 5.30. The summed E-state index contributed by atoms with van der Waals surface area (Å²) in [7, 11) is 1.69. The number of ether oxygens (including phenoxy) is 1. The van der Waals surface area contributed by atoms with Crippen LogP contribution in [-0.2, 0) is 4.79 Å². The van der Waals surface area contributed by atoms with Crippen LogP contribution in [0.25, 0.3) is 0 Å². The lowest BCUT2D eigenvalue weighted by atomic mass is 10.1. The molecule has 0 fully saturated rings. The summed E-state index contributed by atoms with van der Waals surface area (Å²) in [5.41, 5.74) is 1.70. The van der Waals surface area contributed by atoms with Crippen LogP contribution in [0.15, 0.2) is 42.5 Å². The van der Waals surface area contributed by atoms with Crippen LogP contribution >= 0.6 is 11.6 Å². The normalized spacial score (nSPS) is 16.6. The molecule has 0 bridgehead atoms. The molecule has 1 N–H and O–H groups in total. The minimum atomic E-state index is -0.571. The van der Waals surface area contributed by atoms with Crippen LogP contribution in [0.1, 0.15) is 17.3 Å². The van der Waals surface area contributed by atoms with Gasteiger partial charge in [0.1, 0.15) is 5.75 Å². The Hall–Kier alpha value is -2.53. The third-order valence-electron chi connectivity index (χ3n) is 3.65. The van der Waals surface area contributed by atoms with E-state index in [9.17, 15) is 9.59 Å². The first-order chi connectivity index (χ1) is 11.0. The highest BCUT2D eigenvalue weighted by Gasteiger charge is 2.29. The largest absolute Gasteiger partial charge is 0.479 e. The van der Waals surface area contributed by atoms with Gasteiger partial charge in [-0.15, -0.1) is 0 Å². The molecule has 5 nitrogen and oxygen atoms in total. The molecular formula is C17H15ClN2O3. The molecule has 2 amide bonds. The molecule has 1 aliphatic rings. The van der Waals surface area contributed by atoms with Crippen molar-refractivity contribution < 1.29 is 14.3 Å². The molecule has 6 heteroatoms. The van der Waals surface area contributed by atoms with Crippen molar-refractivity contribution in [1.82, 2.24) is 0 Å². The number of nitrogens with one attached hydrogen (secondary N) is 1. The molecule has 0 aromatic heterocycles. The molecule has 0 aliphatic carbocycles. The van der Waals surface area contributed by atoms with Gasteiger partial charge in [0, 0.05) is 23.3 Å². The number of carbonyl (C=O) groups excluding carboxylic acids is 2. The first-order valence-corrected chi connectivity index (χ1v) is 7.48. The Balaban J connectivity index is 1.86. The van der Waals surface area contributed by atoms with Gasteiger partial charge in [-0.3, -0.25) is 9.59 Å². The van der Waals surface area contributed by atoms with Crippen molar-refractivity contribution in [3.63, 3.8) is 0 Å². The topological polar surface area (TPSA) is 58.6 Å². The summed E-state index contributed by atoms with van der Waals surface area (Å²) >= 11 is 5.91. The summed E-state index contributed by atoms with van der Waals surface area (Å²) in [5, 5.41) is 3.32. The molecule has 0 saturated carbocycles. The van der Waals surface area contributed by atoms with Gasteiger partial charge < -0.3 is 15.0 Å². The molecule has 1 atom stereocenters. The molecule has 2 aromatic carbocycles. The van der Waals surface area contributed by atoms with E-state index < -0.39 is 6.10 Å². The molecule has 0 spiro atoms. The van der Waals surface area contributed by atoms with E-state index in [0.717, 1.165) is 0 Å². The molecule has 0 radical (unpaired) electrons. The fourth-order valence-electron chi connectivity index (χ4n) is 2.43. The van der Waals surface area contributed by atoms with E-state index in [-0.39, 0.29) is 11.8 Å². The van der Waals surface area contributed by atoms with E-state index in [1.165, 1.54) is 4.90 Å². The fraction of sp³-hybridized carbons (Fsp3) is 0.176. The Kier molecular flexibility index (Phi) is 3.96. The van der Waals surface area contributed by atoms with Crippen molar-refractivity contribution in [1.29, 1.82) is 0 Å². The Bertz CT molecular complexity index is 791. The highest BCUT2D eigenvalue weighted by Crippen LogP contribution is 2.34. The van der Waals surface area contributed by atoms with Gasteiger partial charge in [0.25, 0.3) is 11.8 Å². The predicted octanol–water partition coefficient (Wildman–Crippen LogP) is 3.34. The van der Waals surface area contributed by atoms with Crippen molar-refractivity contribution in [3.05, 3.63) is 53.1 Å². The van der Waals surface area contributed by atoms with Crippen LogP contribution in [0.3, 0.4) is 0 Å². The lowest BCUT2D eigenvalue weighted by Gasteiger charge is -2.30. The van der Waals surface area contributed by atoms with Gasteiger partial charge in [-0.05, 0) is 43.3 Å². The monoisotopic (exact) mass is 330 g/mol. The van der Waals surface area contributed by atoms with E-state index in [1.54, 1.807) is 56.4 Å². The van der Waals surface area contributed by atoms with Gasteiger partial charge in [0.15, 0.2) is 6.10 Å². The zero-order valence-electron chi connectivity index (χ0n) is 12.7. The summed E-state index contributed by atoms with van der Waals surface area (Å²) in [4.78, 5) is 25.8. The zero-order valence-corrected chi connectivity index (χ0v) is 13.4. The first kappa shape index (κ1) is 15.4. The summed E-state index contributed by atoms with van der Waals surface area (Å²) in [6.45, 7) is 1.68. The number of anilines is 2. The average molecular weight is 331 g/mol. The highest BCUT2D eigenvalue weighted by molar-refractivity contribution is 6.31. The lowest BCUT2D eigenvalue weighted by molar-refractivity contribution is -0.125. The Morgan fingerprint density at radius 1 is 1.26 bits per heavy atom. The van der Waals surface area contributed by atoms with Crippen molar-refractivity contribution in [2.75, 3.05) is 17.3 Å². The second-order valence-corrected chi connectivity index (χ2v) is 5.74. The molecule has 0 saturated heterocycles. The summed E-state index contributed by atoms with van der Waals surface area (Å²) in [6.07, 6.45) is -0.571. The SMILES string of the molecule is CC1Oc2cc(C(=O)Nc3cccc(Cl)c3)ccc2N(C)C1=O. The Labute approximate surface area is 138 Å². The first-order valence-electron chi connectivity index (χ1n) is 7.11. The number of carbonyl (C=O) groups is 2. The van der Waals surface area contributed by atoms with Crippen LogP contribution in [-0.4, -0.2) is 25.0 Å². The maximum atomic E-state index is 12.3. The number of hydrogen-bond acceptors (Lipinski definition) is 3. The van der Waals surface area contributed by atoms with Crippen LogP contribution < -0.4 is 15.0 Å². The van der Waals surface area contributed by atoms with Gasteiger partial charge >= 0.3 is 0 Å². The van der Waals surface area contributed by atoms with Crippen LogP contribution in [0.2, 0.25) is 5.02 Å². The number of benzene rings is 2. The van der Waals surface area contributed by atoms with E-state index in [2.05, 4.69) is 5.32 Å². The minimum absolute atomic E-state index is 0.117. The third kappa shape index (κ3) is 3.00. The molecule has 1 unspecified atom stereocenters. The van der Waals surface area contributed by atoms with Crippen LogP contribution in [0.5, 0.6) is 5.75 Å². The number of hydrogen-bond donors (Lipinski definition) is 1. The van der Waals surface area contributed by atoms with Crippen LogP contribution in [0, 0.1) is 0 Å². The molecule has 1 heterocycles. The summed E-state index contributed by atoms with van der Waals surface area (Å²) in [5.74, 6) is 0.123. The quantitative estimate of drug-likeness (QED) is 0.918. The molecule has 1 aliphatic heterocycles. The fourth-order valence-corrected chi connectivity index (χ4v) is 2.62. The average Bonchev–Trinajstić information content (AvgIpc) is 2.52. The van der Waals surface area contributed by atoms with Gasteiger partial charge in [-0.2, -0.15) is 0 Å². The van der Waals surface area contributed by atoms with Gasteiger partial charge in [-0.25, -0.2) is 0 Å². The standard InChI is InChI=1S/C17H15ClN2O3/c1-10-17(22)20(2)14-7-6-11(8-15(14)23-10)16(21)19-13-5-3-4-12(18)9-13/h3-10H,1-2H3,(H,19,21). The molecule has 23 heavy (non-hydrogen) atoms. The summed E-state index contributed by atoms with van der Waals surface area (Å²) in [6, 6.07) is 11.9. The maximum absolute atomic E-state index is 12.3. The molecule has 118 valence electrons. The number of halogens is 1. The van der Waals surface area contributed by atoms with Crippen molar-refractivity contribution in [2.24, 2.45) is 0 Å². The van der Waals surface area contributed by atoms with Crippen molar-refractivity contribution in [3.8, 4) is 5.75 Å². The number of amides is 2. The van der Waals surface area contributed by atoms with Gasteiger partial charge in [0.2, 0.25) is 0 Å². The number of fused-ring (bicyclic) bond motifs is 1. The highest BCUT2D eigenvalue weighted by atomic mass is 35.5. The molecular weight excluding hydrogens is 316 g/mol. The minimum Gasteiger partial charge on any atom is -0.479 e. The van der Waals surface area contributed by atoms with E-state index in [1.807, 2.05) is 0 Å². The third-order valence-corrected chi connectivity index (χ3v) is 3.88. The number of likely N-dealkylation sites (N-methyl/N-ethyl adjacent to an activating group) is 1. The number of nitrogens with zero attached hydrogens (tertiary/aromatic N) is 1. The Morgan fingerprint density at radius 2 is 2.04 bits per heavy atom. The van der Waals surface area contributed by atoms with Crippen molar-refractivity contribution >= 4 is 34.8 Å². The van der Waals surface area contributed by atoms with E-state index >= 15 is 0 Å². The van der Waals surface area contributed by atoms with E-state index in [4.69, 9.17) is 16.3 Å². The molecule has 3 rings (SSSR count). The molecule has 2 aromatic rings. The number of rotatable bonds is 2. The van der Waals surface area contributed by atoms with Crippen LogP contribution in [0.4, 0.5) is 11.4 Å². The van der Waals surface area contributed by atoms with E-state index in [0.29, 0.717) is 27.7 Å². The smallest absolute Gasteiger partial charge is 0.267 e. The maximum Gasteiger partial charge on any atom is 0.267 e. The second kappa shape index (κ2) is 5.93.